The van der Waals surface area contributed by atoms with Gasteiger partial charge >= 0.3 is 0 Å². The Morgan fingerprint density at radius 1 is 1.37 bits per heavy atom. The molecule has 2 aliphatic carbocycles. The maximum absolute atomic E-state index is 13.0. The first-order valence-corrected chi connectivity index (χ1v) is 6.93. The van der Waals surface area contributed by atoms with Gasteiger partial charge in [-0.15, -0.1) is 0 Å². The van der Waals surface area contributed by atoms with Gasteiger partial charge in [0.05, 0.1) is 5.92 Å². The topological polar surface area (TPSA) is 55.1 Å². The number of halogens is 1. The third-order valence-electron chi connectivity index (χ3n) is 4.64. The van der Waals surface area contributed by atoms with Crippen molar-refractivity contribution in [2.24, 2.45) is 23.5 Å². The molecule has 1 aromatic rings. The van der Waals surface area contributed by atoms with Gasteiger partial charge in [0.2, 0.25) is 5.91 Å². The number of carbonyl (C=O) groups excluding carboxylic acids is 1. The van der Waals surface area contributed by atoms with Crippen molar-refractivity contribution >= 4 is 5.91 Å². The van der Waals surface area contributed by atoms with Gasteiger partial charge in [0.1, 0.15) is 5.82 Å². The molecule has 3 rings (SSSR count). The minimum Gasteiger partial charge on any atom is -0.352 e. The molecule has 0 heterocycles. The smallest absolute Gasteiger partial charge is 0.225 e. The van der Waals surface area contributed by atoms with Crippen LogP contribution in [-0.4, -0.2) is 11.9 Å². The molecule has 102 valence electrons. The van der Waals surface area contributed by atoms with Gasteiger partial charge in [-0.25, -0.2) is 4.39 Å². The Morgan fingerprint density at radius 3 is 2.84 bits per heavy atom. The van der Waals surface area contributed by atoms with Crippen molar-refractivity contribution < 1.29 is 9.18 Å². The first-order chi connectivity index (χ1) is 9.15. The van der Waals surface area contributed by atoms with E-state index in [2.05, 4.69) is 5.32 Å². The summed E-state index contributed by atoms with van der Waals surface area (Å²) in [7, 11) is 0. The van der Waals surface area contributed by atoms with Gasteiger partial charge in [-0.1, -0.05) is 12.1 Å². The summed E-state index contributed by atoms with van der Waals surface area (Å²) in [6.07, 6.45) is 3.38. The number of benzene rings is 1. The highest BCUT2D eigenvalue weighted by Gasteiger charge is 2.48. The lowest BCUT2D eigenvalue weighted by atomic mass is 9.84. The third kappa shape index (κ3) is 2.37. The van der Waals surface area contributed by atoms with E-state index >= 15 is 0 Å². The number of carbonyl (C=O) groups is 1. The van der Waals surface area contributed by atoms with Crippen molar-refractivity contribution in [3.63, 3.8) is 0 Å². The van der Waals surface area contributed by atoms with E-state index in [0.717, 1.165) is 18.4 Å². The fraction of sp³-hybridized carbons (Fsp3) is 0.533. The Hall–Kier alpha value is -1.42. The first kappa shape index (κ1) is 12.6. The van der Waals surface area contributed by atoms with E-state index < -0.39 is 0 Å². The van der Waals surface area contributed by atoms with Gasteiger partial charge in [-0.3, -0.25) is 4.79 Å². The minimum atomic E-state index is -0.275. The van der Waals surface area contributed by atoms with E-state index in [1.165, 1.54) is 18.6 Å². The summed E-state index contributed by atoms with van der Waals surface area (Å²) in [5.74, 6) is 0.682. The van der Waals surface area contributed by atoms with Crippen LogP contribution < -0.4 is 11.1 Å². The second-order valence-corrected chi connectivity index (χ2v) is 5.78. The molecule has 4 unspecified atom stereocenters. The van der Waals surface area contributed by atoms with Gasteiger partial charge in [0.15, 0.2) is 0 Å². The van der Waals surface area contributed by atoms with Crippen LogP contribution in [0.25, 0.3) is 0 Å². The number of nitrogens with two attached hydrogens (primary N) is 1. The highest BCUT2D eigenvalue weighted by atomic mass is 19.1. The quantitative estimate of drug-likeness (QED) is 0.873. The van der Waals surface area contributed by atoms with Crippen molar-refractivity contribution in [1.82, 2.24) is 5.32 Å². The van der Waals surface area contributed by atoms with Crippen LogP contribution >= 0.6 is 0 Å². The molecular formula is C15H19FN2O. The SMILES string of the molecule is NC1C2CCC(C2)C1C(=O)NCc1cccc(F)c1. The second-order valence-electron chi connectivity index (χ2n) is 5.78. The Labute approximate surface area is 112 Å². The lowest BCUT2D eigenvalue weighted by Gasteiger charge is -2.27. The Kier molecular flexibility index (Phi) is 3.27. The lowest BCUT2D eigenvalue weighted by Crippen LogP contribution is -2.45. The zero-order chi connectivity index (χ0) is 13.4. The normalized spacial score (nSPS) is 32.5. The zero-order valence-electron chi connectivity index (χ0n) is 10.8. The lowest BCUT2D eigenvalue weighted by molar-refractivity contribution is -0.127. The van der Waals surface area contributed by atoms with Gasteiger partial charge < -0.3 is 11.1 Å². The summed E-state index contributed by atoms with van der Waals surface area (Å²) in [5.41, 5.74) is 6.92. The van der Waals surface area contributed by atoms with Crippen LogP contribution in [0, 0.1) is 23.6 Å². The predicted molar refractivity (Wildman–Crippen MR) is 70.5 cm³/mol. The summed E-state index contributed by atoms with van der Waals surface area (Å²) < 4.78 is 13.0. The monoisotopic (exact) mass is 262 g/mol. The number of nitrogens with one attached hydrogen (secondary N) is 1. The molecule has 0 radical (unpaired) electrons. The van der Waals surface area contributed by atoms with E-state index in [0.29, 0.717) is 18.4 Å². The van der Waals surface area contributed by atoms with E-state index in [9.17, 15) is 9.18 Å². The van der Waals surface area contributed by atoms with Crippen LogP contribution in [0.2, 0.25) is 0 Å². The number of hydrogen-bond acceptors (Lipinski definition) is 2. The van der Waals surface area contributed by atoms with Gasteiger partial charge in [-0.2, -0.15) is 0 Å². The first-order valence-electron chi connectivity index (χ1n) is 6.93. The Bertz CT molecular complexity index is 489. The molecule has 2 aliphatic rings. The standard InChI is InChI=1S/C15H19FN2O/c16-12-3-1-2-9(6-12)8-18-15(19)13-10-4-5-11(7-10)14(13)17/h1-3,6,10-11,13-14H,4-5,7-8,17H2,(H,18,19). The summed E-state index contributed by atoms with van der Waals surface area (Å²) >= 11 is 0. The molecule has 2 saturated carbocycles. The Morgan fingerprint density at radius 2 is 2.16 bits per heavy atom. The van der Waals surface area contributed by atoms with Crippen molar-refractivity contribution in [1.29, 1.82) is 0 Å². The molecule has 4 atom stereocenters. The van der Waals surface area contributed by atoms with Crippen LogP contribution in [-0.2, 0) is 11.3 Å². The van der Waals surface area contributed by atoms with Crippen molar-refractivity contribution in [2.45, 2.75) is 31.8 Å². The Balaban J connectivity index is 1.60. The fourth-order valence-corrected chi connectivity index (χ4v) is 3.68. The van der Waals surface area contributed by atoms with Crippen LogP contribution in [0.1, 0.15) is 24.8 Å². The van der Waals surface area contributed by atoms with Crippen LogP contribution in [0.5, 0.6) is 0 Å². The highest BCUT2D eigenvalue weighted by molar-refractivity contribution is 5.80. The predicted octanol–water partition coefficient (Wildman–Crippen LogP) is 1.82. The molecule has 0 aromatic heterocycles. The molecule has 19 heavy (non-hydrogen) atoms. The average molecular weight is 262 g/mol. The molecule has 2 fully saturated rings. The largest absolute Gasteiger partial charge is 0.352 e. The van der Waals surface area contributed by atoms with Gasteiger partial charge in [-0.05, 0) is 48.8 Å². The maximum atomic E-state index is 13.0. The van der Waals surface area contributed by atoms with E-state index in [-0.39, 0.29) is 23.7 Å². The molecule has 3 nitrogen and oxygen atoms in total. The molecule has 0 saturated heterocycles. The molecule has 0 aliphatic heterocycles. The number of fused-ring (bicyclic) bond motifs is 2. The molecular weight excluding hydrogens is 243 g/mol. The van der Waals surface area contributed by atoms with Crippen LogP contribution in [0.15, 0.2) is 24.3 Å². The zero-order valence-corrected chi connectivity index (χ0v) is 10.8. The van der Waals surface area contributed by atoms with Gasteiger partial charge in [0.25, 0.3) is 0 Å². The van der Waals surface area contributed by atoms with E-state index in [1.807, 2.05) is 6.07 Å². The number of hydrogen-bond donors (Lipinski definition) is 2. The molecule has 1 amide bonds. The number of amides is 1. The molecule has 0 spiro atoms. The minimum absolute atomic E-state index is 0.00580. The summed E-state index contributed by atoms with van der Waals surface area (Å²) in [4.78, 5) is 12.2. The van der Waals surface area contributed by atoms with Crippen LogP contribution in [0.3, 0.4) is 0 Å². The molecule has 1 aromatic carbocycles. The maximum Gasteiger partial charge on any atom is 0.225 e. The molecule has 2 bridgehead atoms. The second kappa shape index (κ2) is 4.93. The number of rotatable bonds is 3. The fourth-order valence-electron chi connectivity index (χ4n) is 3.68. The van der Waals surface area contributed by atoms with E-state index in [4.69, 9.17) is 5.73 Å². The highest BCUT2D eigenvalue weighted by Crippen LogP contribution is 2.47. The molecule has 3 N–H and O–H groups in total. The van der Waals surface area contributed by atoms with Crippen LogP contribution in [0.4, 0.5) is 4.39 Å². The summed E-state index contributed by atoms with van der Waals surface area (Å²) in [6, 6.07) is 6.31. The summed E-state index contributed by atoms with van der Waals surface area (Å²) in [5, 5.41) is 2.90. The average Bonchev–Trinajstić information content (AvgIpc) is 2.97. The van der Waals surface area contributed by atoms with Gasteiger partial charge in [0, 0.05) is 12.6 Å². The molecule has 4 heteroatoms. The summed E-state index contributed by atoms with van der Waals surface area (Å²) in [6.45, 7) is 0.372. The van der Waals surface area contributed by atoms with E-state index in [1.54, 1.807) is 6.07 Å². The van der Waals surface area contributed by atoms with Crippen molar-refractivity contribution in [3.8, 4) is 0 Å². The van der Waals surface area contributed by atoms with Crippen molar-refractivity contribution in [2.75, 3.05) is 0 Å². The van der Waals surface area contributed by atoms with Crippen molar-refractivity contribution in [3.05, 3.63) is 35.6 Å². The third-order valence-corrected chi connectivity index (χ3v) is 4.64.